The topological polar surface area (TPSA) is 86.8 Å². The SMILES string of the molecule is CC(C(=O)NC(C)(C)C)N(Cc1ccc(Br)cc1)C(=O)CN(c1cccc(Br)c1)S(C)(=O)=O. The van der Waals surface area contributed by atoms with Crippen LogP contribution in [0, 0.1) is 0 Å². The van der Waals surface area contributed by atoms with Gasteiger partial charge in [-0.2, -0.15) is 0 Å². The molecule has 10 heteroatoms. The molecule has 0 bridgehead atoms. The molecule has 0 spiro atoms. The maximum absolute atomic E-state index is 13.5. The fourth-order valence-corrected chi connectivity index (χ4v) is 4.58. The molecule has 7 nitrogen and oxygen atoms in total. The second kappa shape index (κ2) is 11.0. The van der Waals surface area contributed by atoms with Crippen LogP contribution in [0.25, 0.3) is 0 Å². The Balaban J connectivity index is 2.39. The molecule has 0 aliphatic heterocycles. The minimum absolute atomic E-state index is 0.154. The largest absolute Gasteiger partial charge is 0.350 e. The smallest absolute Gasteiger partial charge is 0.244 e. The summed E-state index contributed by atoms with van der Waals surface area (Å²) in [5.74, 6) is -0.804. The van der Waals surface area contributed by atoms with Crippen molar-refractivity contribution in [1.29, 1.82) is 0 Å². The zero-order chi connectivity index (χ0) is 25.0. The van der Waals surface area contributed by atoms with E-state index in [4.69, 9.17) is 0 Å². The number of hydrogen-bond acceptors (Lipinski definition) is 4. The van der Waals surface area contributed by atoms with Gasteiger partial charge in [-0.3, -0.25) is 13.9 Å². The van der Waals surface area contributed by atoms with E-state index in [2.05, 4.69) is 37.2 Å². The first-order valence-corrected chi connectivity index (χ1v) is 13.7. The normalized spacial score (nSPS) is 12.7. The Morgan fingerprint density at radius 1 is 1.03 bits per heavy atom. The third kappa shape index (κ3) is 8.42. The molecular formula is C23H29Br2N3O4S. The molecule has 1 unspecified atom stereocenters. The monoisotopic (exact) mass is 601 g/mol. The first-order valence-electron chi connectivity index (χ1n) is 10.3. The number of amides is 2. The summed E-state index contributed by atoms with van der Waals surface area (Å²) in [5.41, 5.74) is 0.693. The minimum atomic E-state index is -3.76. The number of benzene rings is 2. The summed E-state index contributed by atoms with van der Waals surface area (Å²) in [7, 11) is -3.76. The number of rotatable bonds is 8. The quantitative estimate of drug-likeness (QED) is 0.488. The highest BCUT2D eigenvalue weighted by Gasteiger charge is 2.31. The van der Waals surface area contributed by atoms with E-state index >= 15 is 0 Å². The molecule has 33 heavy (non-hydrogen) atoms. The van der Waals surface area contributed by atoms with Crippen molar-refractivity contribution in [3.8, 4) is 0 Å². The summed E-state index contributed by atoms with van der Waals surface area (Å²) in [4.78, 5) is 27.8. The van der Waals surface area contributed by atoms with Crippen molar-refractivity contribution in [3.63, 3.8) is 0 Å². The Morgan fingerprint density at radius 3 is 2.15 bits per heavy atom. The number of carbonyl (C=O) groups excluding carboxylic acids is 2. The second-order valence-electron chi connectivity index (χ2n) is 8.81. The van der Waals surface area contributed by atoms with Crippen LogP contribution < -0.4 is 9.62 Å². The van der Waals surface area contributed by atoms with E-state index in [0.717, 1.165) is 20.6 Å². The van der Waals surface area contributed by atoms with E-state index in [1.54, 1.807) is 31.2 Å². The number of halogens is 2. The average Bonchev–Trinajstić information content (AvgIpc) is 2.68. The number of hydrogen-bond donors (Lipinski definition) is 1. The third-order valence-corrected chi connectivity index (χ3v) is 6.87. The summed E-state index contributed by atoms with van der Waals surface area (Å²) in [6.07, 6.45) is 1.05. The van der Waals surface area contributed by atoms with Crippen molar-refractivity contribution in [3.05, 3.63) is 63.0 Å². The number of nitrogens with zero attached hydrogens (tertiary/aromatic N) is 2. The Bertz CT molecular complexity index is 1100. The van der Waals surface area contributed by atoms with Gasteiger partial charge >= 0.3 is 0 Å². The van der Waals surface area contributed by atoms with Gasteiger partial charge in [0, 0.05) is 21.0 Å². The van der Waals surface area contributed by atoms with E-state index in [-0.39, 0.29) is 12.5 Å². The van der Waals surface area contributed by atoms with Crippen LogP contribution >= 0.6 is 31.9 Å². The molecule has 0 aromatic heterocycles. The summed E-state index contributed by atoms with van der Waals surface area (Å²) >= 11 is 6.73. The average molecular weight is 603 g/mol. The molecule has 1 atom stereocenters. The first-order chi connectivity index (χ1) is 15.2. The number of anilines is 1. The first kappa shape index (κ1) is 27.3. The third-order valence-electron chi connectivity index (χ3n) is 4.71. The van der Waals surface area contributed by atoms with Crippen LogP contribution in [0.5, 0.6) is 0 Å². The Hall–Kier alpha value is -1.91. The summed E-state index contributed by atoms with van der Waals surface area (Å²) < 4.78 is 27.7. The molecule has 2 rings (SSSR count). The molecule has 0 aliphatic rings. The molecule has 0 saturated heterocycles. The van der Waals surface area contributed by atoms with Crippen LogP contribution in [0.1, 0.15) is 33.3 Å². The fourth-order valence-electron chi connectivity index (χ4n) is 3.09. The van der Waals surface area contributed by atoms with Crippen molar-refractivity contribution in [2.45, 2.75) is 45.8 Å². The second-order valence-corrected chi connectivity index (χ2v) is 12.6. The van der Waals surface area contributed by atoms with Crippen LogP contribution in [0.15, 0.2) is 57.5 Å². The Labute approximate surface area is 212 Å². The van der Waals surface area contributed by atoms with Crippen LogP contribution in [-0.2, 0) is 26.2 Å². The highest BCUT2D eigenvalue weighted by Crippen LogP contribution is 2.23. The molecule has 180 valence electrons. The van der Waals surface area contributed by atoms with E-state index < -0.39 is 34.1 Å². The van der Waals surface area contributed by atoms with Crippen LogP contribution in [0.4, 0.5) is 5.69 Å². The Kier molecular flexibility index (Phi) is 9.12. The molecule has 2 aromatic carbocycles. The van der Waals surface area contributed by atoms with Gasteiger partial charge in [0.2, 0.25) is 21.8 Å². The zero-order valence-electron chi connectivity index (χ0n) is 19.3. The van der Waals surface area contributed by atoms with Crippen molar-refractivity contribution in [2.75, 3.05) is 17.1 Å². The number of carbonyl (C=O) groups is 2. The predicted molar refractivity (Wildman–Crippen MR) is 138 cm³/mol. The lowest BCUT2D eigenvalue weighted by molar-refractivity contribution is -0.140. The van der Waals surface area contributed by atoms with E-state index in [1.807, 2.05) is 45.0 Å². The molecule has 2 amide bonds. The molecule has 0 heterocycles. The van der Waals surface area contributed by atoms with Crippen LogP contribution in [-0.4, -0.2) is 49.5 Å². The number of nitrogens with one attached hydrogen (secondary N) is 1. The lowest BCUT2D eigenvalue weighted by Crippen LogP contribution is -2.54. The van der Waals surface area contributed by atoms with E-state index in [1.165, 1.54) is 4.90 Å². The van der Waals surface area contributed by atoms with Gasteiger partial charge in [-0.05, 0) is 63.6 Å². The standard InChI is InChI=1S/C23H29Br2N3O4S/c1-16(22(30)26-23(2,3)4)27(14-17-9-11-18(24)12-10-17)21(29)15-28(33(5,31)32)20-8-6-7-19(25)13-20/h6-13,16H,14-15H2,1-5H3,(H,26,30). The number of sulfonamides is 1. The highest BCUT2D eigenvalue weighted by atomic mass is 79.9. The van der Waals surface area contributed by atoms with Crippen LogP contribution in [0.2, 0.25) is 0 Å². The lowest BCUT2D eigenvalue weighted by Gasteiger charge is -2.33. The highest BCUT2D eigenvalue weighted by molar-refractivity contribution is 9.10. The predicted octanol–water partition coefficient (Wildman–Crippen LogP) is 4.31. The minimum Gasteiger partial charge on any atom is -0.350 e. The maximum atomic E-state index is 13.5. The van der Waals surface area contributed by atoms with Crippen LogP contribution in [0.3, 0.4) is 0 Å². The zero-order valence-corrected chi connectivity index (χ0v) is 23.3. The Morgan fingerprint density at radius 2 is 1.64 bits per heavy atom. The van der Waals surface area contributed by atoms with Crippen molar-refractivity contribution in [1.82, 2.24) is 10.2 Å². The van der Waals surface area contributed by atoms with Gasteiger partial charge in [0.25, 0.3) is 0 Å². The molecule has 0 saturated carbocycles. The summed E-state index contributed by atoms with van der Waals surface area (Å²) in [6, 6.07) is 13.3. The molecule has 0 radical (unpaired) electrons. The molecule has 0 aliphatic carbocycles. The van der Waals surface area contributed by atoms with E-state index in [9.17, 15) is 18.0 Å². The van der Waals surface area contributed by atoms with Crippen molar-refractivity contribution < 1.29 is 18.0 Å². The van der Waals surface area contributed by atoms with Gasteiger partial charge in [-0.1, -0.05) is 50.1 Å². The summed E-state index contributed by atoms with van der Waals surface area (Å²) in [5, 5.41) is 2.89. The van der Waals surface area contributed by atoms with Gasteiger partial charge < -0.3 is 10.2 Å². The lowest BCUT2D eigenvalue weighted by atomic mass is 10.1. The molecular weight excluding hydrogens is 574 g/mol. The van der Waals surface area contributed by atoms with Crippen molar-refractivity contribution >= 4 is 59.4 Å². The molecule has 0 fully saturated rings. The van der Waals surface area contributed by atoms with Gasteiger partial charge in [0.05, 0.1) is 11.9 Å². The van der Waals surface area contributed by atoms with Gasteiger partial charge in [-0.15, -0.1) is 0 Å². The van der Waals surface area contributed by atoms with E-state index in [0.29, 0.717) is 10.2 Å². The fraction of sp³-hybridized carbons (Fsp3) is 0.391. The van der Waals surface area contributed by atoms with Gasteiger partial charge in [-0.25, -0.2) is 8.42 Å². The molecule has 2 aromatic rings. The van der Waals surface area contributed by atoms with Crippen molar-refractivity contribution in [2.24, 2.45) is 0 Å². The summed E-state index contributed by atoms with van der Waals surface area (Å²) in [6.45, 7) is 6.94. The maximum Gasteiger partial charge on any atom is 0.244 e. The van der Waals surface area contributed by atoms with Gasteiger partial charge in [0.1, 0.15) is 12.6 Å². The van der Waals surface area contributed by atoms with Gasteiger partial charge in [0.15, 0.2) is 0 Å². The molecule has 1 N–H and O–H groups in total.